The Balaban J connectivity index is 1.95. The second-order valence-electron chi connectivity index (χ2n) is 5.84. The van der Waals surface area contributed by atoms with Crippen LogP contribution < -0.4 is 5.73 Å². The van der Waals surface area contributed by atoms with Gasteiger partial charge < -0.3 is 5.73 Å². The molecule has 2 nitrogen and oxygen atoms in total. The molecule has 1 saturated carbocycles. The molecule has 2 N–H and O–H groups in total. The van der Waals surface area contributed by atoms with E-state index < -0.39 is 12.1 Å². The maximum absolute atomic E-state index is 12.7. The van der Waals surface area contributed by atoms with Crippen LogP contribution in [0.2, 0.25) is 0 Å². The van der Waals surface area contributed by atoms with Crippen LogP contribution in [-0.4, -0.2) is 36.2 Å². The molecule has 0 radical (unpaired) electrons. The van der Waals surface area contributed by atoms with E-state index in [0.29, 0.717) is 12.5 Å². The Labute approximate surface area is 107 Å². The second kappa shape index (κ2) is 5.37. The van der Waals surface area contributed by atoms with Crippen LogP contribution in [0.3, 0.4) is 0 Å². The van der Waals surface area contributed by atoms with Gasteiger partial charge in [-0.1, -0.05) is 13.3 Å². The smallest absolute Gasteiger partial charge is 0.326 e. The number of hydrogen-bond acceptors (Lipinski definition) is 2. The number of nitrogens with two attached hydrogens (primary N) is 1. The zero-order chi connectivity index (χ0) is 13.3. The molecule has 1 aliphatic carbocycles. The standard InChI is InChI=1S/C13H23F3N2/c1-2-9-3-4-11(17)12(7-9)18-6-5-10(8-18)13(14,15)16/h9-12H,2-8,17H2,1H3. The van der Waals surface area contributed by atoms with Gasteiger partial charge in [0, 0.05) is 18.6 Å². The van der Waals surface area contributed by atoms with Crippen molar-refractivity contribution in [1.29, 1.82) is 0 Å². The van der Waals surface area contributed by atoms with Crippen molar-refractivity contribution < 1.29 is 13.2 Å². The van der Waals surface area contributed by atoms with Gasteiger partial charge in [-0.15, -0.1) is 0 Å². The lowest BCUT2D eigenvalue weighted by Crippen LogP contribution is -2.50. The first-order valence-corrected chi connectivity index (χ1v) is 6.98. The topological polar surface area (TPSA) is 29.3 Å². The number of likely N-dealkylation sites (tertiary alicyclic amines) is 1. The summed E-state index contributed by atoms with van der Waals surface area (Å²) in [5, 5.41) is 0. The number of rotatable bonds is 2. The van der Waals surface area contributed by atoms with E-state index in [9.17, 15) is 13.2 Å². The third kappa shape index (κ3) is 2.99. The minimum atomic E-state index is -4.04. The van der Waals surface area contributed by atoms with Gasteiger partial charge in [0.25, 0.3) is 0 Å². The van der Waals surface area contributed by atoms with Crippen molar-refractivity contribution in [1.82, 2.24) is 4.90 Å². The molecule has 2 rings (SSSR count). The molecule has 1 saturated heterocycles. The minimum Gasteiger partial charge on any atom is -0.326 e. The molecule has 0 aromatic heterocycles. The molecule has 0 aromatic rings. The van der Waals surface area contributed by atoms with Gasteiger partial charge >= 0.3 is 6.18 Å². The molecule has 0 spiro atoms. The largest absolute Gasteiger partial charge is 0.393 e. The van der Waals surface area contributed by atoms with Crippen molar-refractivity contribution >= 4 is 0 Å². The van der Waals surface area contributed by atoms with Crippen LogP contribution in [-0.2, 0) is 0 Å². The SMILES string of the molecule is CCC1CCC(N)C(N2CCC(C(F)(F)F)C2)C1. The van der Waals surface area contributed by atoms with Crippen LogP contribution >= 0.6 is 0 Å². The van der Waals surface area contributed by atoms with Gasteiger partial charge in [0.05, 0.1) is 5.92 Å². The van der Waals surface area contributed by atoms with Crippen molar-refractivity contribution in [3.05, 3.63) is 0 Å². The maximum Gasteiger partial charge on any atom is 0.393 e. The van der Waals surface area contributed by atoms with E-state index in [1.54, 1.807) is 0 Å². The Bertz CT molecular complexity index is 280. The van der Waals surface area contributed by atoms with E-state index in [1.807, 2.05) is 4.90 Å². The predicted octanol–water partition coefficient (Wildman–Crippen LogP) is 2.78. The Morgan fingerprint density at radius 3 is 2.50 bits per heavy atom. The Morgan fingerprint density at radius 1 is 1.22 bits per heavy atom. The van der Waals surface area contributed by atoms with E-state index in [-0.39, 0.29) is 25.0 Å². The summed E-state index contributed by atoms with van der Waals surface area (Å²) in [6.45, 7) is 2.86. The Kier molecular flexibility index (Phi) is 4.22. The average Bonchev–Trinajstić information content (AvgIpc) is 2.78. The first kappa shape index (κ1) is 14.1. The molecule has 18 heavy (non-hydrogen) atoms. The molecule has 106 valence electrons. The number of hydrogen-bond donors (Lipinski definition) is 1. The fourth-order valence-corrected chi connectivity index (χ4v) is 3.40. The molecule has 1 aliphatic heterocycles. The lowest BCUT2D eigenvalue weighted by Gasteiger charge is -2.39. The summed E-state index contributed by atoms with van der Waals surface area (Å²) >= 11 is 0. The maximum atomic E-state index is 12.7. The second-order valence-corrected chi connectivity index (χ2v) is 5.84. The molecule has 0 amide bonds. The molecule has 0 bridgehead atoms. The van der Waals surface area contributed by atoms with E-state index in [1.165, 1.54) is 0 Å². The predicted molar refractivity (Wildman–Crippen MR) is 65.1 cm³/mol. The molecular weight excluding hydrogens is 241 g/mol. The molecular formula is C13H23F3N2. The number of alkyl halides is 3. The highest BCUT2D eigenvalue weighted by atomic mass is 19.4. The summed E-state index contributed by atoms with van der Waals surface area (Å²) in [4.78, 5) is 1.99. The normalized spacial score (nSPS) is 39.2. The zero-order valence-corrected chi connectivity index (χ0v) is 10.9. The molecule has 5 heteroatoms. The highest BCUT2D eigenvalue weighted by molar-refractivity contribution is 4.93. The van der Waals surface area contributed by atoms with E-state index in [4.69, 9.17) is 5.73 Å². The van der Waals surface area contributed by atoms with E-state index in [0.717, 1.165) is 25.7 Å². The first-order chi connectivity index (χ1) is 8.41. The van der Waals surface area contributed by atoms with E-state index >= 15 is 0 Å². The third-order valence-electron chi connectivity index (χ3n) is 4.71. The van der Waals surface area contributed by atoms with Gasteiger partial charge in [0.15, 0.2) is 0 Å². The summed E-state index contributed by atoms with van der Waals surface area (Å²) in [5.41, 5.74) is 6.11. The highest BCUT2D eigenvalue weighted by Gasteiger charge is 2.46. The van der Waals surface area contributed by atoms with Crippen LogP contribution in [0.15, 0.2) is 0 Å². The quantitative estimate of drug-likeness (QED) is 0.831. The first-order valence-electron chi connectivity index (χ1n) is 6.98. The third-order valence-corrected chi connectivity index (χ3v) is 4.71. The Hall–Kier alpha value is -0.290. The molecule has 2 aliphatic rings. The lowest BCUT2D eigenvalue weighted by atomic mass is 9.81. The van der Waals surface area contributed by atoms with Crippen LogP contribution in [0.4, 0.5) is 13.2 Å². The lowest BCUT2D eigenvalue weighted by molar-refractivity contribution is -0.171. The number of nitrogens with zero attached hydrogens (tertiary/aromatic N) is 1. The van der Waals surface area contributed by atoms with Crippen LogP contribution in [0, 0.1) is 11.8 Å². The van der Waals surface area contributed by atoms with Gasteiger partial charge in [-0.3, -0.25) is 4.90 Å². The fourth-order valence-electron chi connectivity index (χ4n) is 3.40. The van der Waals surface area contributed by atoms with Crippen LogP contribution in [0.5, 0.6) is 0 Å². The van der Waals surface area contributed by atoms with Gasteiger partial charge in [-0.05, 0) is 38.1 Å². The summed E-state index contributed by atoms with van der Waals surface area (Å²) < 4.78 is 38.1. The monoisotopic (exact) mass is 264 g/mol. The van der Waals surface area contributed by atoms with Crippen LogP contribution in [0.1, 0.15) is 39.0 Å². The van der Waals surface area contributed by atoms with Crippen molar-refractivity contribution in [2.24, 2.45) is 17.6 Å². The van der Waals surface area contributed by atoms with Gasteiger partial charge in [0.2, 0.25) is 0 Å². The molecule has 2 fully saturated rings. The van der Waals surface area contributed by atoms with Crippen LogP contribution in [0.25, 0.3) is 0 Å². The summed E-state index contributed by atoms with van der Waals surface area (Å²) in [6, 6.07) is 0.218. The molecule has 0 aromatic carbocycles. The van der Waals surface area contributed by atoms with Crippen molar-refractivity contribution in [3.8, 4) is 0 Å². The van der Waals surface area contributed by atoms with Crippen molar-refractivity contribution in [3.63, 3.8) is 0 Å². The summed E-state index contributed by atoms with van der Waals surface area (Å²) in [6.07, 6.45) is 0.365. The summed E-state index contributed by atoms with van der Waals surface area (Å²) in [7, 11) is 0. The minimum absolute atomic E-state index is 0.0554. The van der Waals surface area contributed by atoms with Gasteiger partial charge in [0.1, 0.15) is 0 Å². The number of halogens is 3. The fraction of sp³-hybridized carbons (Fsp3) is 1.00. The molecule has 1 heterocycles. The van der Waals surface area contributed by atoms with Crippen molar-refractivity contribution in [2.45, 2.75) is 57.3 Å². The zero-order valence-electron chi connectivity index (χ0n) is 10.9. The molecule has 4 atom stereocenters. The highest BCUT2D eigenvalue weighted by Crippen LogP contribution is 2.37. The summed E-state index contributed by atoms with van der Waals surface area (Å²) in [5.74, 6) is -0.508. The average molecular weight is 264 g/mol. The van der Waals surface area contributed by atoms with Crippen molar-refractivity contribution in [2.75, 3.05) is 13.1 Å². The van der Waals surface area contributed by atoms with Gasteiger partial charge in [-0.25, -0.2) is 0 Å². The molecule has 4 unspecified atom stereocenters. The van der Waals surface area contributed by atoms with Gasteiger partial charge in [-0.2, -0.15) is 13.2 Å². The Morgan fingerprint density at radius 2 is 1.94 bits per heavy atom. The van der Waals surface area contributed by atoms with E-state index in [2.05, 4.69) is 6.92 Å².